The summed E-state index contributed by atoms with van der Waals surface area (Å²) in [6.07, 6.45) is 1.75. The van der Waals surface area contributed by atoms with Crippen molar-refractivity contribution in [1.29, 1.82) is 0 Å². The van der Waals surface area contributed by atoms with Gasteiger partial charge >= 0.3 is 5.97 Å². The average molecular weight is 406 g/mol. The van der Waals surface area contributed by atoms with Gasteiger partial charge in [-0.25, -0.2) is 4.79 Å². The van der Waals surface area contributed by atoms with E-state index >= 15 is 0 Å². The van der Waals surface area contributed by atoms with Crippen molar-refractivity contribution in [2.45, 2.75) is 6.92 Å². The summed E-state index contributed by atoms with van der Waals surface area (Å²) in [6, 6.07) is 22.8. The van der Waals surface area contributed by atoms with Crippen molar-refractivity contribution in [2.75, 3.05) is 0 Å². The molecule has 0 saturated heterocycles. The molecule has 4 rings (SSSR count). The van der Waals surface area contributed by atoms with Gasteiger partial charge in [0, 0.05) is 16.3 Å². The number of benzene rings is 3. The average Bonchev–Trinajstić information content (AvgIpc) is 3.04. The third-order valence-electron chi connectivity index (χ3n) is 4.15. The van der Waals surface area contributed by atoms with Crippen LogP contribution in [-0.2, 0) is 0 Å². The van der Waals surface area contributed by atoms with E-state index in [2.05, 4.69) is 4.99 Å². The second kappa shape index (κ2) is 7.97. The van der Waals surface area contributed by atoms with E-state index in [1.54, 1.807) is 18.3 Å². The van der Waals surface area contributed by atoms with Crippen molar-refractivity contribution in [1.82, 2.24) is 0 Å². The van der Waals surface area contributed by atoms with E-state index in [4.69, 9.17) is 16.3 Å². The number of aliphatic imine (C=N–C) groups is 1. The lowest BCUT2D eigenvalue weighted by Gasteiger charge is -2.04. The van der Waals surface area contributed by atoms with Crippen LogP contribution in [0.2, 0.25) is 5.02 Å². The number of nitrogens with zero attached hydrogens (tertiary/aromatic N) is 1. The Morgan fingerprint density at radius 2 is 1.86 bits per heavy atom. The molecule has 28 heavy (non-hydrogen) atoms. The first kappa shape index (κ1) is 18.4. The van der Waals surface area contributed by atoms with E-state index in [9.17, 15) is 4.79 Å². The molecule has 0 unspecified atom stereocenters. The molecule has 5 heteroatoms. The molecule has 4 aromatic rings. The van der Waals surface area contributed by atoms with Gasteiger partial charge in [-0.05, 0) is 48.4 Å². The Hall–Kier alpha value is -2.95. The van der Waals surface area contributed by atoms with Gasteiger partial charge in [-0.15, -0.1) is 11.3 Å². The molecule has 3 aromatic carbocycles. The van der Waals surface area contributed by atoms with Gasteiger partial charge in [-0.1, -0.05) is 54.1 Å². The molecule has 0 aliphatic heterocycles. The molecule has 1 aromatic heterocycles. The van der Waals surface area contributed by atoms with Crippen molar-refractivity contribution < 1.29 is 9.53 Å². The van der Waals surface area contributed by atoms with Crippen LogP contribution in [0.1, 0.15) is 20.8 Å². The number of carbonyl (C=O) groups is 1. The van der Waals surface area contributed by atoms with Crippen molar-refractivity contribution in [3.8, 4) is 5.75 Å². The van der Waals surface area contributed by atoms with Crippen LogP contribution < -0.4 is 4.74 Å². The zero-order chi connectivity index (χ0) is 19.5. The highest BCUT2D eigenvalue weighted by Gasteiger charge is 2.18. The van der Waals surface area contributed by atoms with Gasteiger partial charge in [0.15, 0.2) is 0 Å². The molecule has 0 saturated carbocycles. The Kier molecular flexibility index (Phi) is 5.24. The molecule has 0 amide bonds. The smallest absolute Gasteiger partial charge is 0.355 e. The lowest BCUT2D eigenvalue weighted by molar-refractivity contribution is 0.0740. The summed E-state index contributed by atoms with van der Waals surface area (Å²) in [5, 5.41) is 1.29. The fourth-order valence-electron chi connectivity index (χ4n) is 2.81. The number of rotatable bonds is 4. The number of thiophene rings is 1. The molecule has 0 fully saturated rings. The number of ether oxygens (including phenoxy) is 1. The first-order valence-corrected chi connectivity index (χ1v) is 9.89. The van der Waals surface area contributed by atoms with E-state index in [0.29, 0.717) is 15.6 Å². The second-order valence-electron chi connectivity index (χ2n) is 6.30. The molecular formula is C23H16ClNO2S. The third-order valence-corrected chi connectivity index (χ3v) is 5.81. The molecular weight excluding hydrogens is 390 g/mol. The van der Waals surface area contributed by atoms with Gasteiger partial charge < -0.3 is 4.74 Å². The van der Waals surface area contributed by atoms with Crippen molar-refractivity contribution in [3.05, 3.63) is 93.8 Å². The van der Waals surface area contributed by atoms with E-state index < -0.39 is 5.97 Å². The summed E-state index contributed by atoms with van der Waals surface area (Å²) < 4.78 is 6.50. The molecule has 3 nitrogen and oxygen atoms in total. The third kappa shape index (κ3) is 3.98. The zero-order valence-corrected chi connectivity index (χ0v) is 16.6. The molecule has 138 valence electrons. The van der Waals surface area contributed by atoms with Gasteiger partial charge in [0.1, 0.15) is 10.6 Å². The molecule has 0 spiro atoms. The topological polar surface area (TPSA) is 38.7 Å². The number of carbonyl (C=O) groups excluding carboxylic acids is 1. The van der Waals surface area contributed by atoms with Gasteiger partial charge in [0.25, 0.3) is 0 Å². The maximum absolute atomic E-state index is 12.6. The van der Waals surface area contributed by atoms with Gasteiger partial charge in [0.2, 0.25) is 0 Å². The summed E-state index contributed by atoms with van der Waals surface area (Å²) in [4.78, 5) is 17.5. The highest BCUT2D eigenvalue weighted by atomic mass is 35.5. The first-order chi connectivity index (χ1) is 13.6. The molecule has 0 N–H and O–H groups in total. The lowest BCUT2D eigenvalue weighted by atomic mass is 10.2. The number of esters is 1. The van der Waals surface area contributed by atoms with E-state index in [0.717, 1.165) is 26.9 Å². The molecule has 1 heterocycles. The van der Waals surface area contributed by atoms with E-state index in [1.165, 1.54) is 11.3 Å². The second-order valence-corrected chi connectivity index (χ2v) is 7.73. The predicted molar refractivity (Wildman–Crippen MR) is 117 cm³/mol. The Labute approximate surface area is 171 Å². The van der Waals surface area contributed by atoms with Crippen molar-refractivity contribution in [2.24, 2.45) is 4.99 Å². The summed E-state index contributed by atoms with van der Waals surface area (Å²) in [6.45, 7) is 2.03. The van der Waals surface area contributed by atoms with Gasteiger partial charge in [-0.2, -0.15) is 0 Å². The van der Waals surface area contributed by atoms with Crippen LogP contribution in [0.4, 0.5) is 5.69 Å². The van der Waals surface area contributed by atoms with Crippen LogP contribution in [0.25, 0.3) is 10.1 Å². The van der Waals surface area contributed by atoms with Crippen LogP contribution in [-0.4, -0.2) is 12.2 Å². The highest BCUT2D eigenvalue weighted by molar-refractivity contribution is 7.21. The maximum atomic E-state index is 12.6. The van der Waals surface area contributed by atoms with Crippen LogP contribution >= 0.6 is 22.9 Å². The highest BCUT2D eigenvalue weighted by Crippen LogP contribution is 2.35. The molecule has 0 radical (unpaired) electrons. The number of hydrogen-bond donors (Lipinski definition) is 0. The van der Waals surface area contributed by atoms with Crippen LogP contribution in [0, 0.1) is 6.92 Å². The van der Waals surface area contributed by atoms with E-state index in [1.807, 2.05) is 67.6 Å². The molecule has 0 bridgehead atoms. The lowest BCUT2D eigenvalue weighted by Crippen LogP contribution is -2.07. The molecule has 0 atom stereocenters. The monoisotopic (exact) mass is 405 g/mol. The number of hydrogen-bond acceptors (Lipinski definition) is 4. The number of aryl methyl sites for hydroxylation is 1. The normalized spacial score (nSPS) is 11.2. The largest absolute Gasteiger partial charge is 0.422 e. The van der Waals surface area contributed by atoms with Gasteiger partial charge in [-0.3, -0.25) is 4.99 Å². The van der Waals surface area contributed by atoms with Gasteiger partial charge in [0.05, 0.1) is 10.7 Å². The first-order valence-electron chi connectivity index (χ1n) is 8.70. The molecule has 0 aliphatic rings. The van der Waals surface area contributed by atoms with Crippen molar-refractivity contribution in [3.63, 3.8) is 0 Å². The quantitative estimate of drug-likeness (QED) is 0.212. The maximum Gasteiger partial charge on any atom is 0.355 e. The number of halogens is 1. The summed E-state index contributed by atoms with van der Waals surface area (Å²) in [5.74, 6) is -0.00862. The minimum absolute atomic E-state index is 0.404. The fourth-order valence-corrected chi connectivity index (χ4v) is 4.20. The van der Waals surface area contributed by atoms with Crippen LogP contribution in [0.5, 0.6) is 5.75 Å². The van der Waals surface area contributed by atoms with Crippen LogP contribution in [0.15, 0.2) is 77.8 Å². The van der Waals surface area contributed by atoms with Crippen molar-refractivity contribution >= 4 is 50.9 Å². The minimum atomic E-state index is -0.459. The zero-order valence-electron chi connectivity index (χ0n) is 15.1. The standard InChI is InChI=1S/C23H16ClNO2S/c1-15-6-4-8-17(12-15)25-14-16-7-5-9-18(13-16)27-23(26)22-21(24)19-10-2-3-11-20(19)28-22/h2-14H,1H3. The summed E-state index contributed by atoms with van der Waals surface area (Å²) >= 11 is 7.70. The summed E-state index contributed by atoms with van der Waals surface area (Å²) in [5.41, 5.74) is 2.87. The Morgan fingerprint density at radius 3 is 2.68 bits per heavy atom. The van der Waals surface area contributed by atoms with Crippen LogP contribution in [0.3, 0.4) is 0 Å². The Balaban J connectivity index is 1.54. The number of fused-ring (bicyclic) bond motifs is 1. The molecule has 0 aliphatic carbocycles. The predicted octanol–water partition coefficient (Wildman–Crippen LogP) is 6.83. The Morgan fingerprint density at radius 1 is 1.04 bits per heavy atom. The van der Waals surface area contributed by atoms with E-state index in [-0.39, 0.29) is 0 Å². The Bertz CT molecular complexity index is 1200. The fraction of sp³-hybridized carbons (Fsp3) is 0.0435. The SMILES string of the molecule is Cc1cccc(N=Cc2cccc(OC(=O)c3sc4ccccc4c3Cl)c2)c1. The minimum Gasteiger partial charge on any atom is -0.422 e. The summed E-state index contributed by atoms with van der Waals surface area (Å²) in [7, 11) is 0.